The van der Waals surface area contributed by atoms with Gasteiger partial charge in [0.05, 0.1) is 5.69 Å². The largest absolute Gasteiger partial charge is 0.328 e. The highest BCUT2D eigenvalue weighted by atomic mass is 15.1. The molecule has 1 N–H and O–H groups in total. The summed E-state index contributed by atoms with van der Waals surface area (Å²) in [5.41, 5.74) is 5.28. The van der Waals surface area contributed by atoms with Crippen LogP contribution in [-0.4, -0.2) is 16.6 Å². The molecule has 2 heterocycles. The highest BCUT2D eigenvalue weighted by Crippen LogP contribution is 2.27. The normalized spacial score (nSPS) is 14.3. The summed E-state index contributed by atoms with van der Waals surface area (Å²) in [5, 5.41) is 3.24. The first-order chi connectivity index (χ1) is 9.83. The van der Waals surface area contributed by atoms with Crippen LogP contribution in [0.3, 0.4) is 0 Å². The fourth-order valence-corrected chi connectivity index (χ4v) is 3.04. The van der Waals surface area contributed by atoms with E-state index in [-0.39, 0.29) is 0 Å². The second-order valence-corrected chi connectivity index (χ2v) is 5.52. The van der Waals surface area contributed by atoms with Crippen LogP contribution in [0.25, 0.3) is 11.4 Å². The number of imidazole rings is 1. The van der Waals surface area contributed by atoms with Gasteiger partial charge in [-0.15, -0.1) is 0 Å². The summed E-state index contributed by atoms with van der Waals surface area (Å²) in [7, 11) is 1.99. The topological polar surface area (TPSA) is 29.9 Å². The summed E-state index contributed by atoms with van der Waals surface area (Å²) in [6.45, 7) is 4.16. The number of aromatic nitrogens is 2. The van der Waals surface area contributed by atoms with E-state index < -0.39 is 0 Å². The molecule has 0 atom stereocenters. The van der Waals surface area contributed by atoms with Gasteiger partial charge in [0.25, 0.3) is 0 Å². The summed E-state index contributed by atoms with van der Waals surface area (Å²) >= 11 is 0. The van der Waals surface area contributed by atoms with Gasteiger partial charge in [0.2, 0.25) is 0 Å². The lowest BCUT2D eigenvalue weighted by atomic mass is 10.1. The Morgan fingerprint density at radius 3 is 2.70 bits per heavy atom. The summed E-state index contributed by atoms with van der Waals surface area (Å²) in [6.07, 6.45) is 4.81. The molecule has 0 fully saturated rings. The number of nitrogens with one attached hydrogen (secondary N) is 1. The number of benzene rings is 1. The number of hydrogen-bond donors (Lipinski definition) is 1. The fraction of sp³-hybridized carbons (Fsp3) is 0.471. The van der Waals surface area contributed by atoms with E-state index in [1.165, 1.54) is 35.4 Å². The summed E-state index contributed by atoms with van der Waals surface area (Å²) in [6, 6.07) is 8.87. The second kappa shape index (κ2) is 5.80. The Labute approximate surface area is 121 Å². The highest BCUT2D eigenvalue weighted by Gasteiger charge is 2.20. The average Bonchev–Trinajstić information content (AvgIpc) is 2.87. The molecule has 1 aliphatic heterocycles. The van der Waals surface area contributed by atoms with Crippen molar-refractivity contribution in [2.24, 2.45) is 0 Å². The molecule has 0 saturated carbocycles. The van der Waals surface area contributed by atoms with E-state index in [9.17, 15) is 0 Å². The van der Waals surface area contributed by atoms with Gasteiger partial charge in [-0.1, -0.05) is 31.2 Å². The van der Waals surface area contributed by atoms with Crippen LogP contribution in [0, 0.1) is 0 Å². The van der Waals surface area contributed by atoms with Crippen molar-refractivity contribution in [2.45, 2.75) is 45.7 Å². The van der Waals surface area contributed by atoms with E-state index in [0.29, 0.717) is 0 Å². The van der Waals surface area contributed by atoms with Crippen molar-refractivity contribution in [2.75, 3.05) is 7.05 Å². The summed E-state index contributed by atoms with van der Waals surface area (Å²) in [5.74, 6) is 1.15. The molecule has 0 unspecified atom stereocenters. The third-order valence-corrected chi connectivity index (χ3v) is 4.17. The van der Waals surface area contributed by atoms with E-state index in [1.807, 2.05) is 7.05 Å². The van der Waals surface area contributed by atoms with Gasteiger partial charge in [0.15, 0.2) is 0 Å². The van der Waals surface area contributed by atoms with E-state index in [4.69, 9.17) is 4.98 Å². The van der Waals surface area contributed by atoms with Crippen LogP contribution in [-0.2, 0) is 25.9 Å². The van der Waals surface area contributed by atoms with E-state index in [0.717, 1.165) is 31.8 Å². The Hall–Kier alpha value is -1.61. The van der Waals surface area contributed by atoms with E-state index in [2.05, 4.69) is 41.1 Å². The van der Waals surface area contributed by atoms with Gasteiger partial charge >= 0.3 is 0 Å². The molecule has 3 nitrogen and oxygen atoms in total. The lowest BCUT2D eigenvalue weighted by molar-refractivity contribution is 0.531. The van der Waals surface area contributed by atoms with Crippen molar-refractivity contribution >= 4 is 0 Å². The highest BCUT2D eigenvalue weighted by molar-refractivity contribution is 5.58. The van der Waals surface area contributed by atoms with Gasteiger partial charge in [-0.25, -0.2) is 4.98 Å². The Kier molecular flexibility index (Phi) is 3.88. The number of hydrogen-bond acceptors (Lipinski definition) is 2. The molecule has 0 bridgehead atoms. The van der Waals surface area contributed by atoms with Crippen molar-refractivity contribution < 1.29 is 0 Å². The van der Waals surface area contributed by atoms with Crippen LogP contribution >= 0.6 is 0 Å². The predicted octanol–water partition coefficient (Wildman–Crippen LogP) is 3.17. The van der Waals surface area contributed by atoms with Gasteiger partial charge < -0.3 is 9.88 Å². The van der Waals surface area contributed by atoms with E-state index in [1.54, 1.807) is 0 Å². The number of aryl methyl sites for hydroxylation is 1. The third-order valence-electron chi connectivity index (χ3n) is 4.17. The van der Waals surface area contributed by atoms with Gasteiger partial charge in [-0.3, -0.25) is 0 Å². The maximum Gasteiger partial charge on any atom is 0.140 e. The molecular formula is C17H23N3. The molecule has 1 aromatic heterocycles. The standard InChI is InChI=1S/C17H23N3/c1-3-13-7-9-14(10-8-13)17-19-15(12-18-2)16-6-4-5-11-20(16)17/h7-10,18H,3-6,11-12H2,1-2H3. The zero-order valence-electron chi connectivity index (χ0n) is 12.4. The van der Waals surface area contributed by atoms with Crippen LogP contribution in [0.1, 0.15) is 36.7 Å². The Morgan fingerprint density at radius 2 is 2.00 bits per heavy atom. The predicted molar refractivity (Wildman–Crippen MR) is 82.7 cm³/mol. The smallest absolute Gasteiger partial charge is 0.140 e. The van der Waals surface area contributed by atoms with E-state index >= 15 is 0 Å². The lowest BCUT2D eigenvalue weighted by Crippen LogP contribution is -2.14. The summed E-state index contributed by atoms with van der Waals surface area (Å²) < 4.78 is 2.43. The quantitative estimate of drug-likeness (QED) is 0.924. The minimum atomic E-state index is 0.863. The number of fused-ring (bicyclic) bond motifs is 1. The maximum atomic E-state index is 4.91. The molecule has 1 aromatic carbocycles. The Bertz CT molecular complexity index is 581. The number of nitrogens with zero attached hydrogens (tertiary/aromatic N) is 2. The van der Waals surface area contributed by atoms with Crippen LogP contribution in [0.15, 0.2) is 24.3 Å². The minimum Gasteiger partial charge on any atom is -0.328 e. The molecule has 0 radical (unpaired) electrons. The first-order valence-electron chi connectivity index (χ1n) is 7.65. The van der Waals surface area contributed by atoms with Gasteiger partial charge in [-0.2, -0.15) is 0 Å². The third kappa shape index (κ3) is 2.38. The van der Waals surface area contributed by atoms with Gasteiger partial charge in [0.1, 0.15) is 5.82 Å². The Morgan fingerprint density at radius 1 is 1.20 bits per heavy atom. The average molecular weight is 269 g/mol. The van der Waals surface area contributed by atoms with Crippen LogP contribution in [0.2, 0.25) is 0 Å². The van der Waals surface area contributed by atoms with Gasteiger partial charge in [0, 0.05) is 24.3 Å². The molecule has 0 amide bonds. The monoisotopic (exact) mass is 269 g/mol. The lowest BCUT2D eigenvalue weighted by Gasteiger charge is -2.17. The zero-order chi connectivity index (χ0) is 13.9. The maximum absolute atomic E-state index is 4.91. The molecule has 0 spiro atoms. The molecule has 0 aliphatic carbocycles. The van der Waals surface area contributed by atoms with Crippen molar-refractivity contribution in [1.82, 2.24) is 14.9 Å². The minimum absolute atomic E-state index is 0.863. The van der Waals surface area contributed by atoms with Crippen molar-refractivity contribution in [3.63, 3.8) is 0 Å². The first kappa shape index (κ1) is 13.4. The Balaban J connectivity index is 2.03. The van der Waals surface area contributed by atoms with Crippen LogP contribution in [0.5, 0.6) is 0 Å². The molecule has 1 aliphatic rings. The van der Waals surface area contributed by atoms with Crippen molar-refractivity contribution in [1.29, 1.82) is 0 Å². The SMILES string of the molecule is CCc1ccc(-c2nc(CNC)c3n2CCCC3)cc1. The molecular weight excluding hydrogens is 246 g/mol. The van der Waals surface area contributed by atoms with Gasteiger partial charge in [-0.05, 0) is 38.3 Å². The van der Waals surface area contributed by atoms with Crippen molar-refractivity contribution in [3.8, 4) is 11.4 Å². The summed E-state index contributed by atoms with van der Waals surface area (Å²) in [4.78, 5) is 4.91. The van der Waals surface area contributed by atoms with Crippen LogP contribution < -0.4 is 5.32 Å². The molecule has 3 heteroatoms. The van der Waals surface area contributed by atoms with Crippen molar-refractivity contribution in [3.05, 3.63) is 41.2 Å². The first-order valence-corrected chi connectivity index (χ1v) is 7.65. The molecule has 3 rings (SSSR count). The van der Waals surface area contributed by atoms with Crippen LogP contribution in [0.4, 0.5) is 0 Å². The molecule has 2 aromatic rings. The molecule has 0 saturated heterocycles. The fourth-order valence-electron chi connectivity index (χ4n) is 3.04. The number of rotatable bonds is 4. The molecule has 106 valence electrons. The zero-order valence-corrected chi connectivity index (χ0v) is 12.4. The second-order valence-electron chi connectivity index (χ2n) is 5.52. The molecule has 20 heavy (non-hydrogen) atoms.